The molecule has 1 aliphatic heterocycles. The first-order valence-electron chi connectivity index (χ1n) is 5.91. The molecule has 18 heavy (non-hydrogen) atoms. The Bertz CT molecular complexity index is 437. The van der Waals surface area contributed by atoms with Crippen LogP contribution in [0.25, 0.3) is 0 Å². The monoisotopic (exact) mass is 267 g/mol. The van der Waals surface area contributed by atoms with Gasteiger partial charge < -0.3 is 10.7 Å². The Kier molecular flexibility index (Phi) is 4.33. The number of carbonyl (C=O) groups is 1. The molecule has 1 aliphatic rings. The molecular weight excluding hydrogens is 250 g/mol. The van der Waals surface area contributed by atoms with E-state index in [4.69, 9.17) is 5.84 Å². The van der Waals surface area contributed by atoms with Crippen LogP contribution in [0.3, 0.4) is 0 Å². The number of rotatable bonds is 3. The van der Waals surface area contributed by atoms with Crippen LogP contribution in [0, 0.1) is 0 Å². The quantitative estimate of drug-likeness (QED) is 0.553. The minimum atomic E-state index is -0.698. The zero-order chi connectivity index (χ0) is 13.0. The molecule has 1 amide bonds. The Morgan fingerprint density at radius 1 is 1.22 bits per heavy atom. The molecule has 0 radical (unpaired) electrons. The van der Waals surface area contributed by atoms with Crippen LogP contribution in [-0.4, -0.2) is 27.7 Å². The fourth-order valence-corrected chi connectivity index (χ4v) is 3.22. The van der Waals surface area contributed by atoms with Crippen LogP contribution in [-0.2, 0) is 10.8 Å². The van der Waals surface area contributed by atoms with E-state index in [0.717, 1.165) is 18.5 Å². The van der Waals surface area contributed by atoms with E-state index in [1.807, 2.05) is 0 Å². The SMILES string of the molecule is NNc1ccc(C(=O)NC2CCS(=O)CC2)cc1. The summed E-state index contributed by atoms with van der Waals surface area (Å²) in [5.41, 5.74) is 3.89. The molecule has 1 heterocycles. The third-order valence-electron chi connectivity index (χ3n) is 3.04. The Morgan fingerprint density at radius 3 is 2.39 bits per heavy atom. The van der Waals surface area contributed by atoms with Crippen molar-refractivity contribution in [1.82, 2.24) is 5.32 Å². The van der Waals surface area contributed by atoms with Crippen molar-refractivity contribution in [3.05, 3.63) is 29.8 Å². The summed E-state index contributed by atoms with van der Waals surface area (Å²) in [5.74, 6) is 6.54. The lowest BCUT2D eigenvalue weighted by Crippen LogP contribution is -2.39. The first-order chi connectivity index (χ1) is 8.69. The van der Waals surface area contributed by atoms with Crippen molar-refractivity contribution in [3.63, 3.8) is 0 Å². The first-order valence-corrected chi connectivity index (χ1v) is 7.40. The summed E-state index contributed by atoms with van der Waals surface area (Å²) in [6.07, 6.45) is 1.58. The molecular formula is C12H17N3O2S. The molecule has 1 saturated heterocycles. The van der Waals surface area contributed by atoms with Crippen molar-refractivity contribution in [3.8, 4) is 0 Å². The van der Waals surface area contributed by atoms with E-state index < -0.39 is 10.8 Å². The highest BCUT2D eigenvalue weighted by atomic mass is 32.2. The summed E-state index contributed by atoms with van der Waals surface area (Å²) in [4.78, 5) is 12.0. The average Bonchev–Trinajstić information content (AvgIpc) is 2.41. The second-order valence-corrected chi connectivity index (χ2v) is 6.01. The topological polar surface area (TPSA) is 84.2 Å². The Balaban J connectivity index is 1.92. The molecule has 4 N–H and O–H groups in total. The smallest absolute Gasteiger partial charge is 0.251 e. The lowest BCUT2D eigenvalue weighted by atomic mass is 10.1. The van der Waals surface area contributed by atoms with Crippen molar-refractivity contribution in [2.24, 2.45) is 5.84 Å². The van der Waals surface area contributed by atoms with Crippen LogP contribution in [0.2, 0.25) is 0 Å². The summed E-state index contributed by atoms with van der Waals surface area (Å²) in [7, 11) is -0.698. The first kappa shape index (κ1) is 13.0. The van der Waals surface area contributed by atoms with Gasteiger partial charge in [0, 0.05) is 39.6 Å². The van der Waals surface area contributed by atoms with Crippen LogP contribution >= 0.6 is 0 Å². The number of hydrazine groups is 1. The van der Waals surface area contributed by atoms with Crippen LogP contribution in [0.15, 0.2) is 24.3 Å². The van der Waals surface area contributed by atoms with Gasteiger partial charge in [-0.05, 0) is 37.1 Å². The van der Waals surface area contributed by atoms with Crippen molar-refractivity contribution >= 4 is 22.4 Å². The number of anilines is 1. The van der Waals surface area contributed by atoms with Gasteiger partial charge in [-0.15, -0.1) is 0 Å². The molecule has 0 bridgehead atoms. The summed E-state index contributed by atoms with van der Waals surface area (Å²) < 4.78 is 11.2. The maximum absolute atomic E-state index is 12.0. The highest BCUT2D eigenvalue weighted by Gasteiger charge is 2.19. The van der Waals surface area contributed by atoms with Crippen molar-refractivity contribution in [1.29, 1.82) is 0 Å². The van der Waals surface area contributed by atoms with Gasteiger partial charge in [-0.2, -0.15) is 0 Å². The summed E-state index contributed by atoms with van der Waals surface area (Å²) >= 11 is 0. The standard InChI is InChI=1S/C12H17N3O2S/c13-15-11-3-1-9(2-4-11)12(16)14-10-5-7-18(17)8-6-10/h1-4,10,15H,5-8,13H2,(H,14,16). The number of hydrogen-bond donors (Lipinski definition) is 3. The van der Waals surface area contributed by atoms with Crippen molar-refractivity contribution < 1.29 is 9.00 Å². The number of nitrogens with one attached hydrogen (secondary N) is 2. The van der Waals surface area contributed by atoms with Crippen LogP contribution in [0.4, 0.5) is 5.69 Å². The van der Waals surface area contributed by atoms with E-state index in [1.165, 1.54) is 0 Å². The minimum absolute atomic E-state index is 0.0868. The Morgan fingerprint density at radius 2 is 1.83 bits per heavy atom. The summed E-state index contributed by atoms with van der Waals surface area (Å²) in [6, 6.07) is 7.11. The zero-order valence-electron chi connectivity index (χ0n) is 10.0. The molecule has 0 saturated carbocycles. The minimum Gasteiger partial charge on any atom is -0.349 e. The summed E-state index contributed by atoms with van der Waals surface area (Å²) in [5, 5.41) is 2.97. The maximum atomic E-state index is 12.0. The van der Waals surface area contributed by atoms with E-state index in [-0.39, 0.29) is 11.9 Å². The zero-order valence-corrected chi connectivity index (χ0v) is 10.8. The van der Waals surface area contributed by atoms with E-state index in [9.17, 15) is 9.00 Å². The van der Waals surface area contributed by atoms with Crippen molar-refractivity contribution in [2.75, 3.05) is 16.9 Å². The average molecular weight is 267 g/mol. The Labute approximate surface area is 109 Å². The molecule has 98 valence electrons. The van der Waals surface area contributed by atoms with E-state index in [0.29, 0.717) is 17.1 Å². The highest BCUT2D eigenvalue weighted by molar-refractivity contribution is 7.85. The lowest BCUT2D eigenvalue weighted by molar-refractivity contribution is 0.0934. The second-order valence-electron chi connectivity index (χ2n) is 4.32. The maximum Gasteiger partial charge on any atom is 0.251 e. The fourth-order valence-electron chi connectivity index (χ4n) is 1.92. The van der Waals surface area contributed by atoms with Crippen LogP contribution < -0.4 is 16.6 Å². The second kappa shape index (κ2) is 5.97. The largest absolute Gasteiger partial charge is 0.349 e. The highest BCUT2D eigenvalue weighted by Crippen LogP contribution is 2.12. The number of benzene rings is 1. The van der Waals surface area contributed by atoms with Gasteiger partial charge in [0.15, 0.2) is 0 Å². The predicted octanol–water partition coefficient (Wildman–Crippen LogP) is 0.613. The van der Waals surface area contributed by atoms with Gasteiger partial charge in [0.25, 0.3) is 5.91 Å². The van der Waals surface area contributed by atoms with Crippen LogP contribution in [0.5, 0.6) is 0 Å². The molecule has 0 spiro atoms. The molecule has 0 aliphatic carbocycles. The molecule has 1 aromatic rings. The Hall–Kier alpha value is -1.40. The van der Waals surface area contributed by atoms with E-state index >= 15 is 0 Å². The number of carbonyl (C=O) groups excluding carboxylic acids is 1. The van der Waals surface area contributed by atoms with Gasteiger partial charge >= 0.3 is 0 Å². The van der Waals surface area contributed by atoms with E-state index in [2.05, 4.69) is 10.7 Å². The van der Waals surface area contributed by atoms with E-state index in [1.54, 1.807) is 24.3 Å². The van der Waals surface area contributed by atoms with Gasteiger partial charge in [0.1, 0.15) is 0 Å². The normalized spacial score (nSPS) is 23.4. The number of nitrogen functional groups attached to an aromatic ring is 1. The van der Waals surface area contributed by atoms with Gasteiger partial charge in [-0.25, -0.2) is 0 Å². The molecule has 1 aromatic carbocycles. The predicted molar refractivity (Wildman–Crippen MR) is 72.6 cm³/mol. The van der Waals surface area contributed by atoms with Gasteiger partial charge in [-0.3, -0.25) is 14.8 Å². The number of hydrogen-bond acceptors (Lipinski definition) is 4. The molecule has 0 aromatic heterocycles. The van der Waals surface area contributed by atoms with Gasteiger partial charge in [0.2, 0.25) is 0 Å². The molecule has 0 unspecified atom stereocenters. The fraction of sp³-hybridized carbons (Fsp3) is 0.417. The molecule has 0 atom stereocenters. The lowest BCUT2D eigenvalue weighted by Gasteiger charge is -2.22. The third kappa shape index (κ3) is 3.30. The van der Waals surface area contributed by atoms with Gasteiger partial charge in [-0.1, -0.05) is 0 Å². The number of amides is 1. The van der Waals surface area contributed by atoms with Crippen LogP contribution in [0.1, 0.15) is 23.2 Å². The number of nitrogens with two attached hydrogens (primary N) is 1. The summed E-state index contributed by atoms with van der Waals surface area (Å²) in [6.45, 7) is 0. The molecule has 1 fully saturated rings. The molecule has 5 nitrogen and oxygen atoms in total. The molecule has 2 rings (SSSR count). The van der Waals surface area contributed by atoms with Crippen molar-refractivity contribution in [2.45, 2.75) is 18.9 Å². The molecule has 6 heteroatoms. The third-order valence-corrected chi connectivity index (χ3v) is 4.42. The van der Waals surface area contributed by atoms with Gasteiger partial charge in [0.05, 0.1) is 0 Å².